The summed E-state index contributed by atoms with van der Waals surface area (Å²) in [6, 6.07) is 7.93. The Morgan fingerprint density at radius 2 is 1.85 bits per heavy atom. The second kappa shape index (κ2) is 9.07. The fourth-order valence-electron chi connectivity index (χ4n) is 3.42. The van der Waals surface area contributed by atoms with Crippen molar-refractivity contribution >= 4 is 6.09 Å². The molecule has 0 saturated heterocycles. The zero-order valence-electron chi connectivity index (χ0n) is 17.2. The third-order valence-electron chi connectivity index (χ3n) is 4.83. The van der Waals surface area contributed by atoms with Crippen LogP contribution in [0.15, 0.2) is 30.5 Å². The maximum absolute atomic E-state index is 12.0. The molecule has 1 aromatic carbocycles. The number of H-pyrrole nitrogens is 1. The molecule has 1 heterocycles. The number of nitrogens with zero attached hydrogens (tertiary/aromatic N) is 2. The second-order valence-corrected chi connectivity index (χ2v) is 8.23. The lowest BCUT2D eigenvalue weighted by molar-refractivity contribution is 0.0630. The first-order valence-electron chi connectivity index (χ1n) is 9.88. The van der Waals surface area contributed by atoms with Crippen LogP contribution in [0.4, 0.5) is 4.79 Å². The second-order valence-electron chi connectivity index (χ2n) is 8.23. The van der Waals surface area contributed by atoms with E-state index in [2.05, 4.69) is 31.0 Å². The van der Waals surface area contributed by atoms with Crippen molar-refractivity contribution in [3.63, 3.8) is 0 Å². The maximum atomic E-state index is 12.0. The molecule has 0 spiro atoms. The number of aryl methyl sites for hydroxylation is 1. The predicted molar refractivity (Wildman–Crippen MR) is 110 cm³/mol. The largest absolute Gasteiger partial charge is 0.465 e. The summed E-state index contributed by atoms with van der Waals surface area (Å²) < 4.78 is 0. The molecule has 0 aliphatic rings. The molecule has 0 radical (unpaired) electrons. The van der Waals surface area contributed by atoms with Gasteiger partial charge in [0.2, 0.25) is 0 Å². The number of aromatic nitrogens is 2. The monoisotopic (exact) mass is 371 g/mol. The molecule has 2 rings (SSSR count). The van der Waals surface area contributed by atoms with Crippen molar-refractivity contribution in [2.75, 3.05) is 0 Å². The molecule has 0 unspecified atom stereocenters. The van der Waals surface area contributed by atoms with E-state index in [9.17, 15) is 9.90 Å². The number of aromatic amines is 1. The van der Waals surface area contributed by atoms with E-state index in [0.717, 1.165) is 42.8 Å². The number of benzene rings is 1. The van der Waals surface area contributed by atoms with Gasteiger partial charge in [0.1, 0.15) is 5.82 Å². The Hall–Kier alpha value is -2.30. The number of nitrogens with one attached hydrogen (secondary N) is 1. The topological polar surface area (TPSA) is 69.2 Å². The molecule has 0 fully saturated rings. The van der Waals surface area contributed by atoms with Crippen molar-refractivity contribution in [1.29, 1.82) is 0 Å². The van der Waals surface area contributed by atoms with E-state index < -0.39 is 11.6 Å². The van der Waals surface area contributed by atoms with E-state index in [1.165, 1.54) is 16.9 Å². The summed E-state index contributed by atoms with van der Waals surface area (Å²) in [7, 11) is 0. The number of carbonyl (C=O) groups is 1. The Labute approximate surface area is 162 Å². The van der Waals surface area contributed by atoms with Gasteiger partial charge in [-0.2, -0.15) is 0 Å². The van der Waals surface area contributed by atoms with Crippen LogP contribution in [0.25, 0.3) is 11.3 Å². The number of imidazole rings is 1. The highest BCUT2D eigenvalue weighted by atomic mass is 16.4. The summed E-state index contributed by atoms with van der Waals surface area (Å²) in [5, 5.41) is 9.88. The molecule has 5 heteroatoms. The Balaban J connectivity index is 2.32. The fourth-order valence-corrected chi connectivity index (χ4v) is 3.42. The summed E-state index contributed by atoms with van der Waals surface area (Å²) >= 11 is 0. The molecule has 5 nitrogen and oxygen atoms in total. The van der Waals surface area contributed by atoms with Crippen molar-refractivity contribution in [2.24, 2.45) is 0 Å². The third-order valence-corrected chi connectivity index (χ3v) is 4.83. The Morgan fingerprint density at radius 1 is 1.19 bits per heavy atom. The smallest absolute Gasteiger partial charge is 0.408 e. The van der Waals surface area contributed by atoms with E-state index in [-0.39, 0.29) is 6.04 Å². The van der Waals surface area contributed by atoms with Crippen LogP contribution in [-0.4, -0.2) is 31.6 Å². The SMILES string of the molecule is CCCCCC[C@H](c1nc(-c2ccc(C)cc2)c[nH]1)N(C(=O)O)C(C)(C)C. The lowest BCUT2D eigenvalue weighted by Gasteiger charge is -2.38. The number of rotatable bonds is 8. The normalized spacial score (nSPS) is 12.8. The summed E-state index contributed by atoms with van der Waals surface area (Å²) in [4.78, 5) is 21.6. The molecule has 0 aliphatic heterocycles. The van der Waals surface area contributed by atoms with E-state index in [1.807, 2.05) is 39.1 Å². The van der Waals surface area contributed by atoms with Gasteiger partial charge in [0.15, 0.2) is 0 Å². The van der Waals surface area contributed by atoms with Crippen molar-refractivity contribution in [2.45, 2.75) is 78.3 Å². The standard InChI is InChI=1S/C22H33N3O2/c1-6-7-8-9-10-19(25(21(26)27)22(3,4)5)20-23-15-18(24-20)17-13-11-16(2)12-14-17/h11-15,19H,6-10H2,1-5H3,(H,23,24)(H,26,27)/t19-/m1/s1. The highest BCUT2D eigenvalue weighted by molar-refractivity contribution is 5.67. The van der Waals surface area contributed by atoms with Crippen LogP contribution in [0.5, 0.6) is 0 Å². The van der Waals surface area contributed by atoms with Crippen LogP contribution in [0.3, 0.4) is 0 Å². The first-order chi connectivity index (χ1) is 12.7. The Kier molecular flexibility index (Phi) is 7.05. The molecule has 0 saturated carbocycles. The minimum Gasteiger partial charge on any atom is -0.465 e. The van der Waals surface area contributed by atoms with Crippen LogP contribution in [0, 0.1) is 6.92 Å². The van der Waals surface area contributed by atoms with Crippen LogP contribution in [0.2, 0.25) is 0 Å². The first kappa shape index (κ1) is 21.0. The molecule has 148 valence electrons. The van der Waals surface area contributed by atoms with E-state index >= 15 is 0 Å². The van der Waals surface area contributed by atoms with Gasteiger partial charge in [0.05, 0.1) is 11.7 Å². The molecule has 1 aromatic heterocycles. The van der Waals surface area contributed by atoms with Crippen LogP contribution in [-0.2, 0) is 0 Å². The lowest BCUT2D eigenvalue weighted by atomic mass is 9.99. The lowest BCUT2D eigenvalue weighted by Crippen LogP contribution is -2.47. The molecule has 27 heavy (non-hydrogen) atoms. The third kappa shape index (κ3) is 5.59. The molecule has 2 N–H and O–H groups in total. The predicted octanol–water partition coefficient (Wildman–Crippen LogP) is 6.18. The van der Waals surface area contributed by atoms with Crippen molar-refractivity contribution in [3.05, 3.63) is 41.9 Å². The zero-order chi connectivity index (χ0) is 20.0. The average Bonchev–Trinajstić information content (AvgIpc) is 3.06. The number of hydrogen-bond donors (Lipinski definition) is 2. The van der Waals surface area contributed by atoms with Crippen LogP contribution in [0.1, 0.15) is 77.2 Å². The van der Waals surface area contributed by atoms with Gasteiger partial charge in [-0.15, -0.1) is 0 Å². The van der Waals surface area contributed by atoms with Crippen LogP contribution < -0.4 is 0 Å². The van der Waals surface area contributed by atoms with E-state index in [4.69, 9.17) is 4.98 Å². The highest BCUT2D eigenvalue weighted by Gasteiger charge is 2.35. The Morgan fingerprint density at radius 3 is 2.41 bits per heavy atom. The van der Waals surface area contributed by atoms with Gasteiger partial charge >= 0.3 is 6.09 Å². The van der Waals surface area contributed by atoms with Crippen molar-refractivity contribution < 1.29 is 9.90 Å². The first-order valence-corrected chi connectivity index (χ1v) is 9.88. The van der Waals surface area contributed by atoms with Gasteiger partial charge in [-0.1, -0.05) is 62.4 Å². The van der Waals surface area contributed by atoms with Gasteiger partial charge in [0, 0.05) is 17.3 Å². The molecule has 0 bridgehead atoms. The minimum atomic E-state index is -0.906. The molecule has 1 atom stereocenters. The zero-order valence-corrected chi connectivity index (χ0v) is 17.2. The van der Waals surface area contributed by atoms with Gasteiger partial charge < -0.3 is 10.1 Å². The number of amides is 1. The maximum Gasteiger partial charge on any atom is 0.408 e. The van der Waals surface area contributed by atoms with Gasteiger partial charge in [-0.25, -0.2) is 9.78 Å². The summed E-state index contributed by atoms with van der Waals surface area (Å²) in [6.45, 7) is 10.0. The Bertz CT molecular complexity index is 729. The summed E-state index contributed by atoms with van der Waals surface area (Å²) in [6.07, 6.45) is 6.16. The number of unbranched alkanes of at least 4 members (excludes halogenated alkanes) is 3. The molecular weight excluding hydrogens is 338 g/mol. The van der Waals surface area contributed by atoms with Gasteiger partial charge in [0.25, 0.3) is 0 Å². The molecule has 2 aromatic rings. The number of carboxylic acid groups (broad SMARTS) is 1. The molecule has 0 aliphatic carbocycles. The van der Waals surface area contributed by atoms with Crippen LogP contribution >= 0.6 is 0 Å². The fraction of sp³-hybridized carbons (Fsp3) is 0.545. The summed E-state index contributed by atoms with van der Waals surface area (Å²) in [5.74, 6) is 0.722. The number of hydrogen-bond acceptors (Lipinski definition) is 2. The highest BCUT2D eigenvalue weighted by Crippen LogP contribution is 2.32. The van der Waals surface area contributed by atoms with Crippen molar-refractivity contribution in [1.82, 2.24) is 14.9 Å². The van der Waals surface area contributed by atoms with E-state index in [0.29, 0.717) is 0 Å². The van der Waals surface area contributed by atoms with Gasteiger partial charge in [-0.3, -0.25) is 4.90 Å². The summed E-state index contributed by atoms with van der Waals surface area (Å²) in [5.41, 5.74) is 2.58. The molecular formula is C22H33N3O2. The average molecular weight is 372 g/mol. The van der Waals surface area contributed by atoms with Crippen molar-refractivity contribution in [3.8, 4) is 11.3 Å². The van der Waals surface area contributed by atoms with E-state index in [1.54, 1.807) is 0 Å². The van der Waals surface area contributed by atoms with Gasteiger partial charge in [-0.05, 0) is 34.1 Å². The minimum absolute atomic E-state index is 0.279. The quantitative estimate of drug-likeness (QED) is 0.545. The molecule has 1 amide bonds.